The topological polar surface area (TPSA) is 105 Å². The Morgan fingerprint density at radius 1 is 1.39 bits per heavy atom. The van der Waals surface area contributed by atoms with Crippen molar-refractivity contribution in [3.8, 4) is 0 Å². The summed E-state index contributed by atoms with van der Waals surface area (Å²) in [4.78, 5) is 22.7. The molecule has 9 heteroatoms. The average molecular weight is 388 g/mol. The number of aryl methyl sites for hydroxylation is 1. The van der Waals surface area contributed by atoms with Crippen LogP contribution in [-0.2, 0) is 9.53 Å². The van der Waals surface area contributed by atoms with Gasteiger partial charge in [-0.25, -0.2) is 4.98 Å². The van der Waals surface area contributed by atoms with Gasteiger partial charge >= 0.3 is 0 Å². The van der Waals surface area contributed by atoms with Gasteiger partial charge in [-0.05, 0) is 31.7 Å². The normalized spacial score (nSPS) is 19.5. The Morgan fingerprint density at radius 2 is 2.21 bits per heavy atom. The smallest absolute Gasteiger partial charge is 0.245 e. The molecular formula is C19H28N6O3. The zero-order chi connectivity index (χ0) is 20.1. The van der Waals surface area contributed by atoms with Crippen molar-refractivity contribution < 1.29 is 14.1 Å². The van der Waals surface area contributed by atoms with E-state index in [4.69, 9.17) is 9.26 Å². The molecule has 1 aliphatic rings. The van der Waals surface area contributed by atoms with Gasteiger partial charge in [0.05, 0.1) is 18.7 Å². The summed E-state index contributed by atoms with van der Waals surface area (Å²) in [5, 5.41) is 9.92. The second kappa shape index (κ2) is 9.01. The molecule has 2 aromatic heterocycles. The van der Waals surface area contributed by atoms with Crippen LogP contribution in [0.15, 0.2) is 22.9 Å². The van der Waals surface area contributed by atoms with Crippen LogP contribution < -0.4 is 15.5 Å². The standard InChI is InChI=1S/C19H28N6O3/c1-12(2)18-14(6-5-9-27-18)21-15-7-8-20-19(23-15)25(4)11-17(26)22-16-10-13(3)28-24-16/h7-8,10,12,14,18H,5-6,9,11H2,1-4H3,(H,20,21,23)(H,22,24,26)/t14-,18+/m1/s1. The van der Waals surface area contributed by atoms with Gasteiger partial charge in [0.1, 0.15) is 11.6 Å². The fourth-order valence-corrected chi connectivity index (χ4v) is 3.31. The summed E-state index contributed by atoms with van der Waals surface area (Å²) in [6, 6.07) is 3.71. The molecule has 1 fully saturated rings. The monoisotopic (exact) mass is 388 g/mol. The molecule has 3 heterocycles. The molecule has 0 aromatic carbocycles. The van der Waals surface area contributed by atoms with E-state index in [1.54, 1.807) is 31.1 Å². The SMILES string of the molecule is Cc1cc(NC(=O)CN(C)c2nccc(N[C@@H]3CCCO[C@H]3C(C)C)n2)no1. The minimum absolute atomic E-state index is 0.0938. The molecule has 0 unspecified atom stereocenters. The van der Waals surface area contributed by atoms with E-state index in [9.17, 15) is 4.79 Å². The summed E-state index contributed by atoms with van der Waals surface area (Å²) >= 11 is 0. The molecule has 1 aliphatic heterocycles. The minimum atomic E-state index is -0.224. The molecule has 0 saturated carbocycles. The van der Waals surface area contributed by atoms with Crippen molar-refractivity contribution >= 4 is 23.5 Å². The highest BCUT2D eigenvalue weighted by Gasteiger charge is 2.28. The van der Waals surface area contributed by atoms with Gasteiger partial charge < -0.3 is 24.8 Å². The molecule has 0 bridgehead atoms. The van der Waals surface area contributed by atoms with Crippen molar-refractivity contribution in [2.45, 2.75) is 45.8 Å². The zero-order valence-corrected chi connectivity index (χ0v) is 16.8. The minimum Gasteiger partial charge on any atom is -0.376 e. The first-order valence-electron chi connectivity index (χ1n) is 9.58. The Morgan fingerprint density at radius 3 is 2.93 bits per heavy atom. The molecule has 1 saturated heterocycles. The molecule has 152 valence electrons. The lowest BCUT2D eigenvalue weighted by Crippen LogP contribution is -2.43. The second-order valence-electron chi connectivity index (χ2n) is 7.44. The summed E-state index contributed by atoms with van der Waals surface area (Å²) in [5.41, 5.74) is 0. The highest BCUT2D eigenvalue weighted by atomic mass is 16.5. The first-order chi connectivity index (χ1) is 13.4. The van der Waals surface area contributed by atoms with E-state index in [0.29, 0.717) is 23.4 Å². The molecule has 3 rings (SSSR count). The number of nitrogens with one attached hydrogen (secondary N) is 2. The van der Waals surface area contributed by atoms with Crippen molar-refractivity contribution in [3.05, 3.63) is 24.1 Å². The third-order valence-corrected chi connectivity index (χ3v) is 4.62. The van der Waals surface area contributed by atoms with Gasteiger partial charge in [-0.15, -0.1) is 0 Å². The van der Waals surface area contributed by atoms with E-state index in [-0.39, 0.29) is 24.6 Å². The number of aromatic nitrogens is 3. The Bertz CT molecular complexity index is 793. The van der Waals surface area contributed by atoms with E-state index in [0.717, 1.165) is 25.3 Å². The van der Waals surface area contributed by atoms with Crippen LogP contribution in [-0.4, -0.2) is 53.4 Å². The fourth-order valence-electron chi connectivity index (χ4n) is 3.31. The highest BCUT2D eigenvalue weighted by molar-refractivity contribution is 5.92. The molecule has 2 N–H and O–H groups in total. The Hall–Kier alpha value is -2.68. The first kappa shape index (κ1) is 20.1. The molecule has 1 amide bonds. The van der Waals surface area contributed by atoms with Gasteiger partial charge in [0.2, 0.25) is 11.9 Å². The van der Waals surface area contributed by atoms with E-state index < -0.39 is 0 Å². The number of hydrogen-bond donors (Lipinski definition) is 2. The lowest BCUT2D eigenvalue weighted by atomic mass is 9.94. The van der Waals surface area contributed by atoms with E-state index in [1.807, 2.05) is 6.07 Å². The third kappa shape index (κ3) is 5.19. The van der Waals surface area contributed by atoms with Gasteiger partial charge in [0, 0.05) is 25.9 Å². The maximum Gasteiger partial charge on any atom is 0.245 e. The number of likely N-dealkylation sites (N-methyl/N-ethyl adjacent to an activating group) is 1. The van der Waals surface area contributed by atoms with Gasteiger partial charge in [-0.2, -0.15) is 4.98 Å². The highest BCUT2D eigenvalue weighted by Crippen LogP contribution is 2.23. The first-order valence-corrected chi connectivity index (χ1v) is 9.58. The molecule has 0 radical (unpaired) electrons. The molecular weight excluding hydrogens is 360 g/mol. The third-order valence-electron chi connectivity index (χ3n) is 4.62. The number of hydrogen-bond acceptors (Lipinski definition) is 8. The zero-order valence-electron chi connectivity index (χ0n) is 16.8. The summed E-state index contributed by atoms with van der Waals surface area (Å²) in [6.07, 6.45) is 3.91. The number of carbonyl (C=O) groups excluding carboxylic acids is 1. The lowest BCUT2D eigenvalue weighted by molar-refractivity contribution is -0.115. The van der Waals surface area contributed by atoms with Crippen LogP contribution in [0.3, 0.4) is 0 Å². The van der Waals surface area contributed by atoms with Crippen molar-refractivity contribution in [1.82, 2.24) is 15.1 Å². The Balaban J connectivity index is 1.60. The fraction of sp³-hybridized carbons (Fsp3) is 0.579. The molecule has 2 atom stereocenters. The van der Waals surface area contributed by atoms with Gasteiger partial charge in [-0.1, -0.05) is 19.0 Å². The summed E-state index contributed by atoms with van der Waals surface area (Å²) in [6.45, 7) is 7.00. The van der Waals surface area contributed by atoms with Crippen molar-refractivity contribution in [2.75, 3.05) is 35.7 Å². The number of rotatable bonds is 7. The van der Waals surface area contributed by atoms with Crippen LogP contribution in [0.25, 0.3) is 0 Å². The van der Waals surface area contributed by atoms with Crippen molar-refractivity contribution in [3.63, 3.8) is 0 Å². The Labute approximate surface area is 164 Å². The molecule has 2 aromatic rings. The van der Waals surface area contributed by atoms with Crippen LogP contribution in [0.5, 0.6) is 0 Å². The molecule has 9 nitrogen and oxygen atoms in total. The number of anilines is 3. The van der Waals surface area contributed by atoms with Gasteiger partial charge in [0.15, 0.2) is 5.82 Å². The van der Waals surface area contributed by atoms with Crippen LogP contribution in [0.4, 0.5) is 17.6 Å². The largest absolute Gasteiger partial charge is 0.376 e. The second-order valence-corrected chi connectivity index (χ2v) is 7.44. The average Bonchev–Trinajstić information content (AvgIpc) is 3.06. The summed E-state index contributed by atoms with van der Waals surface area (Å²) < 4.78 is 10.9. The summed E-state index contributed by atoms with van der Waals surface area (Å²) in [7, 11) is 1.77. The number of nitrogens with zero attached hydrogens (tertiary/aromatic N) is 4. The quantitative estimate of drug-likeness (QED) is 0.745. The predicted molar refractivity (Wildman–Crippen MR) is 106 cm³/mol. The van der Waals surface area contributed by atoms with Crippen LogP contribution in [0, 0.1) is 12.8 Å². The van der Waals surface area contributed by atoms with Crippen molar-refractivity contribution in [1.29, 1.82) is 0 Å². The van der Waals surface area contributed by atoms with Crippen LogP contribution >= 0.6 is 0 Å². The predicted octanol–water partition coefficient (Wildman–Crippen LogP) is 2.46. The molecule has 28 heavy (non-hydrogen) atoms. The van der Waals surface area contributed by atoms with E-state index in [1.165, 1.54) is 0 Å². The van der Waals surface area contributed by atoms with Crippen LogP contribution in [0.1, 0.15) is 32.4 Å². The van der Waals surface area contributed by atoms with E-state index in [2.05, 4.69) is 39.6 Å². The Kier molecular flexibility index (Phi) is 6.45. The van der Waals surface area contributed by atoms with E-state index >= 15 is 0 Å². The molecule has 0 aliphatic carbocycles. The number of amides is 1. The maximum absolute atomic E-state index is 12.2. The lowest BCUT2D eigenvalue weighted by Gasteiger charge is -2.35. The summed E-state index contributed by atoms with van der Waals surface area (Å²) in [5.74, 6) is 2.42. The molecule has 0 spiro atoms. The van der Waals surface area contributed by atoms with Crippen molar-refractivity contribution in [2.24, 2.45) is 5.92 Å². The van der Waals surface area contributed by atoms with Crippen LogP contribution in [0.2, 0.25) is 0 Å². The number of carbonyl (C=O) groups is 1. The van der Waals surface area contributed by atoms with Gasteiger partial charge in [-0.3, -0.25) is 4.79 Å². The maximum atomic E-state index is 12.2. The van der Waals surface area contributed by atoms with Gasteiger partial charge in [0.25, 0.3) is 0 Å². The number of ether oxygens (including phenoxy) is 1.